The van der Waals surface area contributed by atoms with E-state index in [1.165, 1.54) is 12.0 Å². The molecule has 2 aliphatic rings. The van der Waals surface area contributed by atoms with Gasteiger partial charge >= 0.3 is 0 Å². The minimum absolute atomic E-state index is 0.256. The van der Waals surface area contributed by atoms with Gasteiger partial charge in [-0.15, -0.1) is 0 Å². The molecule has 0 fully saturated rings. The van der Waals surface area contributed by atoms with Crippen LogP contribution >= 0.6 is 0 Å². The highest BCUT2D eigenvalue weighted by Gasteiger charge is 2.38. The Balaban J connectivity index is 2.41. The normalized spacial score (nSPS) is 30.5. The van der Waals surface area contributed by atoms with Crippen LogP contribution in [0.3, 0.4) is 0 Å². The molecule has 0 saturated heterocycles. The van der Waals surface area contributed by atoms with Crippen molar-refractivity contribution >= 4 is 5.78 Å². The monoisotopic (exact) mass is 190 g/mol. The zero-order chi connectivity index (χ0) is 10.3. The number of carbonyl (C=O) groups excluding carboxylic acids is 1. The van der Waals surface area contributed by atoms with Crippen molar-refractivity contribution in [3.63, 3.8) is 0 Å². The molecule has 0 radical (unpaired) electrons. The summed E-state index contributed by atoms with van der Waals surface area (Å²) in [5.41, 5.74) is 2.62. The highest BCUT2D eigenvalue weighted by molar-refractivity contribution is 6.05. The van der Waals surface area contributed by atoms with Crippen molar-refractivity contribution < 1.29 is 4.79 Å². The molecule has 0 aromatic heterocycles. The summed E-state index contributed by atoms with van der Waals surface area (Å²) in [6.45, 7) is 6.65. The van der Waals surface area contributed by atoms with Gasteiger partial charge in [0.1, 0.15) is 0 Å². The van der Waals surface area contributed by atoms with Crippen molar-refractivity contribution in [2.45, 2.75) is 40.0 Å². The zero-order valence-corrected chi connectivity index (χ0v) is 9.26. The van der Waals surface area contributed by atoms with Crippen molar-refractivity contribution in [2.75, 3.05) is 0 Å². The van der Waals surface area contributed by atoms with Gasteiger partial charge in [-0.2, -0.15) is 0 Å². The lowest BCUT2D eigenvalue weighted by Crippen LogP contribution is -2.33. The highest BCUT2D eigenvalue weighted by atomic mass is 16.1. The molecule has 0 spiro atoms. The molecule has 0 saturated carbocycles. The summed E-state index contributed by atoms with van der Waals surface area (Å²) in [5, 5.41) is 0. The lowest BCUT2D eigenvalue weighted by Gasteiger charge is -2.40. The number of carbonyl (C=O) groups is 1. The second-order valence-electron chi connectivity index (χ2n) is 5.30. The average Bonchev–Trinajstić information content (AvgIpc) is 2.06. The lowest BCUT2D eigenvalue weighted by atomic mass is 9.63. The molecule has 2 aliphatic carbocycles. The Morgan fingerprint density at radius 3 is 2.86 bits per heavy atom. The molecular weight excluding hydrogens is 172 g/mol. The molecule has 1 unspecified atom stereocenters. The largest absolute Gasteiger partial charge is 0.290 e. The quantitative estimate of drug-likeness (QED) is 0.573. The molecule has 0 N–H and O–H groups in total. The SMILES string of the molecule is CC1=CC(=O)C2=CCCC(C)(C)C2C1. The van der Waals surface area contributed by atoms with Gasteiger partial charge in [0.15, 0.2) is 5.78 Å². The van der Waals surface area contributed by atoms with Gasteiger partial charge in [0, 0.05) is 0 Å². The van der Waals surface area contributed by atoms with Gasteiger partial charge in [-0.1, -0.05) is 25.5 Å². The number of hydrogen-bond donors (Lipinski definition) is 0. The Hall–Kier alpha value is -0.850. The fraction of sp³-hybridized carbons (Fsp3) is 0.615. The van der Waals surface area contributed by atoms with Crippen molar-refractivity contribution in [3.8, 4) is 0 Å². The second-order valence-corrected chi connectivity index (χ2v) is 5.30. The number of hydrogen-bond acceptors (Lipinski definition) is 1. The minimum atomic E-state index is 0.256. The summed E-state index contributed by atoms with van der Waals surface area (Å²) >= 11 is 0. The van der Waals surface area contributed by atoms with Crippen LogP contribution in [0.1, 0.15) is 40.0 Å². The molecule has 0 aromatic carbocycles. The van der Waals surface area contributed by atoms with Gasteiger partial charge in [-0.25, -0.2) is 0 Å². The van der Waals surface area contributed by atoms with E-state index < -0.39 is 0 Å². The van der Waals surface area contributed by atoms with Crippen LogP contribution in [-0.2, 0) is 4.79 Å². The van der Waals surface area contributed by atoms with E-state index in [0.717, 1.165) is 18.4 Å². The third-order valence-corrected chi connectivity index (χ3v) is 3.66. The number of fused-ring (bicyclic) bond motifs is 1. The summed E-state index contributed by atoms with van der Waals surface area (Å²) in [6.07, 6.45) is 7.31. The van der Waals surface area contributed by atoms with Gasteiger partial charge in [-0.3, -0.25) is 4.79 Å². The topological polar surface area (TPSA) is 17.1 Å². The van der Waals surface area contributed by atoms with Gasteiger partial charge in [-0.05, 0) is 49.2 Å². The summed E-state index contributed by atoms with van der Waals surface area (Å²) in [6, 6.07) is 0. The van der Waals surface area contributed by atoms with Crippen molar-refractivity contribution in [1.82, 2.24) is 0 Å². The molecule has 0 amide bonds. The third kappa shape index (κ3) is 1.45. The molecule has 0 aliphatic heterocycles. The van der Waals surface area contributed by atoms with Gasteiger partial charge < -0.3 is 0 Å². The van der Waals surface area contributed by atoms with E-state index in [0.29, 0.717) is 11.3 Å². The van der Waals surface area contributed by atoms with Crippen LogP contribution in [0.4, 0.5) is 0 Å². The molecule has 1 atom stereocenters. The van der Waals surface area contributed by atoms with Crippen LogP contribution in [0, 0.1) is 11.3 Å². The van der Waals surface area contributed by atoms with Crippen LogP contribution in [0.2, 0.25) is 0 Å². The molecule has 1 nitrogen and oxygen atoms in total. The predicted octanol–water partition coefficient (Wildman–Crippen LogP) is 3.27. The maximum absolute atomic E-state index is 11.8. The first-order valence-corrected chi connectivity index (χ1v) is 5.42. The average molecular weight is 190 g/mol. The van der Waals surface area contributed by atoms with Crippen LogP contribution < -0.4 is 0 Å². The molecule has 2 rings (SSSR count). The van der Waals surface area contributed by atoms with Crippen LogP contribution in [0.15, 0.2) is 23.3 Å². The standard InChI is InChI=1S/C13H18O/c1-9-7-11-10(12(14)8-9)5-4-6-13(11,2)3/h5,8,11H,4,6-7H2,1-3H3. The first kappa shape index (κ1) is 9.70. The summed E-state index contributed by atoms with van der Waals surface area (Å²) in [4.78, 5) is 11.8. The van der Waals surface area contributed by atoms with E-state index in [2.05, 4.69) is 26.8 Å². The molecule has 0 bridgehead atoms. The smallest absolute Gasteiger partial charge is 0.181 e. The lowest BCUT2D eigenvalue weighted by molar-refractivity contribution is -0.112. The maximum atomic E-state index is 11.8. The Bertz CT molecular complexity index is 331. The van der Waals surface area contributed by atoms with Crippen molar-refractivity contribution in [1.29, 1.82) is 0 Å². The van der Waals surface area contributed by atoms with E-state index in [4.69, 9.17) is 0 Å². The molecule has 0 heterocycles. The fourth-order valence-electron chi connectivity index (χ4n) is 2.68. The fourth-order valence-corrected chi connectivity index (χ4v) is 2.68. The van der Waals surface area contributed by atoms with E-state index in [9.17, 15) is 4.79 Å². The molecule has 0 aromatic rings. The Kier molecular flexibility index (Phi) is 2.13. The second kappa shape index (κ2) is 3.08. The molecule has 76 valence electrons. The number of rotatable bonds is 0. The van der Waals surface area contributed by atoms with Crippen molar-refractivity contribution in [3.05, 3.63) is 23.3 Å². The maximum Gasteiger partial charge on any atom is 0.181 e. The summed E-state index contributed by atoms with van der Waals surface area (Å²) in [7, 11) is 0. The number of ketones is 1. The zero-order valence-electron chi connectivity index (χ0n) is 9.26. The Labute approximate surface area is 85.9 Å². The van der Waals surface area contributed by atoms with E-state index in [1.807, 2.05) is 6.08 Å². The minimum Gasteiger partial charge on any atom is -0.290 e. The van der Waals surface area contributed by atoms with Crippen molar-refractivity contribution in [2.24, 2.45) is 11.3 Å². The third-order valence-electron chi connectivity index (χ3n) is 3.66. The number of allylic oxidation sites excluding steroid dienone is 4. The van der Waals surface area contributed by atoms with Crippen LogP contribution in [0.5, 0.6) is 0 Å². The Morgan fingerprint density at radius 1 is 1.43 bits per heavy atom. The van der Waals surface area contributed by atoms with Gasteiger partial charge in [0.05, 0.1) is 0 Å². The Morgan fingerprint density at radius 2 is 2.14 bits per heavy atom. The van der Waals surface area contributed by atoms with E-state index in [1.54, 1.807) is 0 Å². The molecule has 1 heteroatoms. The molecular formula is C13H18O. The summed E-state index contributed by atoms with van der Waals surface area (Å²) in [5.74, 6) is 0.722. The van der Waals surface area contributed by atoms with E-state index >= 15 is 0 Å². The first-order chi connectivity index (χ1) is 6.50. The van der Waals surface area contributed by atoms with Crippen LogP contribution in [-0.4, -0.2) is 5.78 Å². The predicted molar refractivity (Wildman–Crippen MR) is 58.0 cm³/mol. The van der Waals surface area contributed by atoms with Gasteiger partial charge in [0.25, 0.3) is 0 Å². The van der Waals surface area contributed by atoms with Gasteiger partial charge in [0.2, 0.25) is 0 Å². The summed E-state index contributed by atoms with van der Waals surface area (Å²) < 4.78 is 0. The van der Waals surface area contributed by atoms with E-state index in [-0.39, 0.29) is 5.78 Å². The molecule has 14 heavy (non-hydrogen) atoms. The highest BCUT2D eigenvalue weighted by Crippen LogP contribution is 2.46. The first-order valence-electron chi connectivity index (χ1n) is 5.42. The van der Waals surface area contributed by atoms with Crippen LogP contribution in [0.25, 0.3) is 0 Å².